The second-order valence-corrected chi connectivity index (χ2v) is 3.78. The van der Waals surface area contributed by atoms with Gasteiger partial charge in [-0.05, 0) is 18.2 Å². The summed E-state index contributed by atoms with van der Waals surface area (Å²) in [7, 11) is 0. The van der Waals surface area contributed by atoms with Gasteiger partial charge in [0.05, 0.1) is 18.1 Å². The number of ether oxygens (including phenoxy) is 1. The number of esters is 1. The monoisotopic (exact) mass is 266 g/mol. The summed E-state index contributed by atoms with van der Waals surface area (Å²) in [6.07, 6.45) is 0.216. The number of halogens is 1. The Labute approximate surface area is 109 Å². The Hall–Kier alpha value is -2.06. The maximum Gasteiger partial charge on any atom is 0.338 e. The Morgan fingerprint density at radius 3 is 2.89 bits per heavy atom. The Morgan fingerprint density at radius 1 is 1.44 bits per heavy atom. The zero-order chi connectivity index (χ0) is 13.4. The number of carbonyl (C=O) groups excluding carboxylic acids is 2. The van der Waals surface area contributed by atoms with Crippen molar-refractivity contribution >= 4 is 23.5 Å². The highest BCUT2D eigenvalue weighted by Crippen LogP contribution is 2.11. The van der Waals surface area contributed by atoms with E-state index in [0.717, 1.165) is 0 Å². The number of nitrogens with zero attached hydrogens (tertiary/aromatic N) is 1. The topological polar surface area (TPSA) is 79.2 Å². The van der Waals surface area contributed by atoms with Crippen LogP contribution < -0.4 is 5.32 Å². The van der Waals surface area contributed by atoms with E-state index in [2.05, 4.69) is 5.32 Å². The van der Waals surface area contributed by atoms with Crippen molar-refractivity contribution in [1.29, 1.82) is 5.26 Å². The van der Waals surface area contributed by atoms with Gasteiger partial charge in [0.25, 0.3) is 5.91 Å². The molecule has 0 bridgehead atoms. The van der Waals surface area contributed by atoms with Crippen molar-refractivity contribution < 1.29 is 14.3 Å². The third-order valence-corrected chi connectivity index (χ3v) is 2.19. The summed E-state index contributed by atoms with van der Waals surface area (Å²) in [5.74, 6) is -1.06. The molecule has 94 valence electrons. The molecule has 18 heavy (non-hydrogen) atoms. The molecule has 0 heterocycles. The van der Waals surface area contributed by atoms with Crippen molar-refractivity contribution in [1.82, 2.24) is 5.32 Å². The van der Waals surface area contributed by atoms with Gasteiger partial charge in [-0.1, -0.05) is 17.7 Å². The van der Waals surface area contributed by atoms with Crippen LogP contribution in [0.2, 0.25) is 5.02 Å². The first-order valence-corrected chi connectivity index (χ1v) is 5.57. The standard InChI is InChI=1S/C12H11ClN2O3/c13-10-4-1-3-9(7-10)12(17)18-8-11(16)15-6-2-5-14/h1,3-4,7H,2,6,8H2,(H,15,16). The fraction of sp³-hybridized carbons (Fsp3) is 0.250. The van der Waals surface area contributed by atoms with E-state index in [-0.39, 0.29) is 25.1 Å². The number of carbonyl (C=O) groups is 2. The molecule has 1 N–H and O–H groups in total. The second kappa shape index (κ2) is 7.30. The van der Waals surface area contributed by atoms with Crippen LogP contribution in [0, 0.1) is 11.3 Å². The van der Waals surface area contributed by atoms with E-state index in [1.165, 1.54) is 6.07 Å². The number of rotatable bonds is 5. The largest absolute Gasteiger partial charge is 0.452 e. The summed E-state index contributed by atoms with van der Waals surface area (Å²) in [6.45, 7) is -0.138. The maximum atomic E-state index is 11.5. The number of hydrogen-bond donors (Lipinski definition) is 1. The lowest BCUT2D eigenvalue weighted by Gasteiger charge is -2.05. The first kappa shape index (κ1) is 14.0. The first-order chi connectivity index (χ1) is 8.63. The summed E-state index contributed by atoms with van der Waals surface area (Å²) in [6, 6.07) is 8.13. The van der Waals surface area contributed by atoms with Gasteiger partial charge in [0.1, 0.15) is 0 Å². The average molecular weight is 267 g/mol. The number of nitriles is 1. The third-order valence-electron chi connectivity index (χ3n) is 1.95. The zero-order valence-electron chi connectivity index (χ0n) is 9.48. The van der Waals surface area contributed by atoms with E-state index >= 15 is 0 Å². The zero-order valence-corrected chi connectivity index (χ0v) is 10.2. The minimum atomic E-state index is -0.618. The van der Waals surface area contributed by atoms with Crippen LogP contribution in [0.25, 0.3) is 0 Å². The van der Waals surface area contributed by atoms with Crippen LogP contribution in [0.4, 0.5) is 0 Å². The fourth-order valence-corrected chi connectivity index (χ4v) is 1.33. The van der Waals surface area contributed by atoms with Gasteiger partial charge in [-0.2, -0.15) is 5.26 Å². The average Bonchev–Trinajstić information content (AvgIpc) is 2.36. The van der Waals surface area contributed by atoms with Crippen LogP contribution in [0.5, 0.6) is 0 Å². The highest BCUT2D eigenvalue weighted by Gasteiger charge is 2.09. The van der Waals surface area contributed by atoms with E-state index < -0.39 is 11.9 Å². The van der Waals surface area contributed by atoms with E-state index in [1.807, 2.05) is 6.07 Å². The van der Waals surface area contributed by atoms with E-state index in [1.54, 1.807) is 18.2 Å². The minimum absolute atomic E-state index is 0.216. The molecule has 0 radical (unpaired) electrons. The highest BCUT2D eigenvalue weighted by molar-refractivity contribution is 6.30. The van der Waals surface area contributed by atoms with E-state index in [9.17, 15) is 9.59 Å². The first-order valence-electron chi connectivity index (χ1n) is 5.20. The Balaban J connectivity index is 2.38. The van der Waals surface area contributed by atoms with Gasteiger partial charge in [0.2, 0.25) is 0 Å². The third kappa shape index (κ3) is 4.85. The van der Waals surface area contributed by atoms with Crippen molar-refractivity contribution in [2.24, 2.45) is 0 Å². The van der Waals surface area contributed by atoms with Crippen LogP contribution in [0.15, 0.2) is 24.3 Å². The van der Waals surface area contributed by atoms with Crippen LogP contribution in [0.3, 0.4) is 0 Å². The number of benzene rings is 1. The van der Waals surface area contributed by atoms with E-state index in [4.69, 9.17) is 21.6 Å². The van der Waals surface area contributed by atoms with Crippen LogP contribution in [-0.2, 0) is 9.53 Å². The predicted octanol–water partition coefficient (Wildman–Crippen LogP) is 1.53. The number of amides is 1. The lowest BCUT2D eigenvalue weighted by Crippen LogP contribution is -2.29. The van der Waals surface area contributed by atoms with Crippen molar-refractivity contribution in [3.05, 3.63) is 34.9 Å². The van der Waals surface area contributed by atoms with Gasteiger partial charge in [-0.3, -0.25) is 4.79 Å². The van der Waals surface area contributed by atoms with Gasteiger partial charge in [-0.15, -0.1) is 0 Å². The summed E-state index contributed by atoms with van der Waals surface area (Å²) in [5, 5.41) is 11.1. The molecule has 0 aliphatic heterocycles. The van der Waals surface area contributed by atoms with Crippen LogP contribution in [-0.4, -0.2) is 25.0 Å². The molecule has 5 nitrogen and oxygen atoms in total. The minimum Gasteiger partial charge on any atom is -0.452 e. The van der Waals surface area contributed by atoms with Crippen molar-refractivity contribution in [3.63, 3.8) is 0 Å². The Morgan fingerprint density at radius 2 is 2.22 bits per heavy atom. The van der Waals surface area contributed by atoms with Gasteiger partial charge in [0.15, 0.2) is 6.61 Å². The molecule has 0 aromatic heterocycles. The molecule has 0 spiro atoms. The summed E-state index contributed by atoms with van der Waals surface area (Å²) >= 11 is 5.72. The molecule has 1 aromatic carbocycles. The highest BCUT2D eigenvalue weighted by atomic mass is 35.5. The van der Waals surface area contributed by atoms with Crippen LogP contribution in [0.1, 0.15) is 16.8 Å². The van der Waals surface area contributed by atoms with Gasteiger partial charge in [0, 0.05) is 11.6 Å². The SMILES string of the molecule is N#CCCNC(=O)COC(=O)c1cccc(Cl)c1. The fourth-order valence-electron chi connectivity index (χ4n) is 1.14. The van der Waals surface area contributed by atoms with Crippen molar-refractivity contribution in [2.75, 3.05) is 13.2 Å². The van der Waals surface area contributed by atoms with E-state index in [0.29, 0.717) is 5.02 Å². The lowest BCUT2D eigenvalue weighted by molar-refractivity contribution is -0.124. The summed E-state index contributed by atoms with van der Waals surface area (Å²) in [5.41, 5.74) is 0.285. The van der Waals surface area contributed by atoms with Gasteiger partial charge in [-0.25, -0.2) is 4.79 Å². The number of nitrogens with one attached hydrogen (secondary N) is 1. The predicted molar refractivity (Wildman–Crippen MR) is 65.0 cm³/mol. The second-order valence-electron chi connectivity index (χ2n) is 3.34. The molecule has 0 saturated heterocycles. The maximum absolute atomic E-state index is 11.5. The molecule has 0 atom stereocenters. The Bertz CT molecular complexity index is 482. The molecule has 0 saturated carbocycles. The molecular weight excluding hydrogens is 256 g/mol. The summed E-state index contributed by atoms with van der Waals surface area (Å²) < 4.78 is 4.78. The molecule has 0 aliphatic carbocycles. The molecular formula is C12H11ClN2O3. The quantitative estimate of drug-likeness (QED) is 0.647. The number of hydrogen-bond acceptors (Lipinski definition) is 4. The molecule has 0 fully saturated rings. The molecule has 1 aromatic rings. The van der Waals surface area contributed by atoms with Gasteiger partial charge >= 0.3 is 5.97 Å². The molecule has 6 heteroatoms. The van der Waals surface area contributed by atoms with Crippen molar-refractivity contribution in [3.8, 4) is 6.07 Å². The molecule has 1 amide bonds. The molecule has 0 aliphatic rings. The Kier molecular flexibility index (Phi) is 5.68. The van der Waals surface area contributed by atoms with Crippen molar-refractivity contribution in [2.45, 2.75) is 6.42 Å². The van der Waals surface area contributed by atoms with Gasteiger partial charge < -0.3 is 10.1 Å². The normalized spacial score (nSPS) is 9.33. The summed E-state index contributed by atoms with van der Waals surface area (Å²) in [4.78, 5) is 22.7. The molecule has 1 rings (SSSR count). The smallest absolute Gasteiger partial charge is 0.338 e. The molecule has 0 unspecified atom stereocenters. The lowest BCUT2D eigenvalue weighted by atomic mass is 10.2. The van der Waals surface area contributed by atoms with Crippen LogP contribution >= 0.6 is 11.6 Å².